The van der Waals surface area contributed by atoms with Crippen LogP contribution in [0.4, 0.5) is 29.5 Å². The number of anilines is 2. The van der Waals surface area contributed by atoms with Crippen LogP contribution >= 0.6 is 0 Å². The first-order chi connectivity index (χ1) is 14.7. The normalized spacial score (nSPS) is 14.8. The number of amides is 2. The van der Waals surface area contributed by atoms with E-state index < -0.39 is 18.2 Å². The van der Waals surface area contributed by atoms with E-state index in [9.17, 15) is 18.0 Å². The molecule has 3 aromatic rings. The fraction of sp³-hybridized carbons (Fsp3) is 0.263. The first-order valence-corrected chi connectivity index (χ1v) is 9.37. The number of urea groups is 1. The van der Waals surface area contributed by atoms with Gasteiger partial charge in [-0.1, -0.05) is 6.07 Å². The molecule has 3 aromatic heterocycles. The highest BCUT2D eigenvalue weighted by atomic mass is 19.4. The van der Waals surface area contributed by atoms with E-state index in [1.54, 1.807) is 12.3 Å². The number of aromatic nitrogens is 4. The Bertz CT molecular complexity index is 1090. The monoisotopic (exact) mass is 432 g/mol. The lowest BCUT2D eigenvalue weighted by Crippen LogP contribution is -2.44. The summed E-state index contributed by atoms with van der Waals surface area (Å²) in [4.78, 5) is 19.8. The summed E-state index contributed by atoms with van der Waals surface area (Å²) >= 11 is 0. The zero-order chi connectivity index (χ0) is 22.2. The van der Waals surface area contributed by atoms with Gasteiger partial charge in [0, 0.05) is 41.3 Å². The summed E-state index contributed by atoms with van der Waals surface area (Å²) in [5.74, 6) is 0.475. The van der Waals surface area contributed by atoms with Gasteiger partial charge in [-0.25, -0.2) is 19.4 Å². The van der Waals surface area contributed by atoms with Crippen molar-refractivity contribution in [1.29, 1.82) is 0 Å². The van der Waals surface area contributed by atoms with Gasteiger partial charge < -0.3 is 22.1 Å². The van der Waals surface area contributed by atoms with Crippen molar-refractivity contribution < 1.29 is 18.0 Å². The molecule has 1 aliphatic rings. The van der Waals surface area contributed by atoms with Gasteiger partial charge in [0.05, 0.1) is 11.9 Å². The molecule has 1 atom stereocenters. The average molecular weight is 432 g/mol. The Hall–Kier alpha value is -3.83. The molecule has 0 bridgehead atoms. The van der Waals surface area contributed by atoms with E-state index in [0.29, 0.717) is 22.6 Å². The molecule has 9 nitrogen and oxygen atoms in total. The number of halogens is 3. The van der Waals surface area contributed by atoms with Gasteiger partial charge in [0.25, 0.3) is 0 Å². The quantitative estimate of drug-likeness (QED) is 0.489. The lowest BCUT2D eigenvalue weighted by Gasteiger charge is -2.22. The summed E-state index contributed by atoms with van der Waals surface area (Å²) in [5.41, 5.74) is 13.0. The maximum absolute atomic E-state index is 13.5. The first kappa shape index (κ1) is 20.4. The number of alkyl halides is 3. The van der Waals surface area contributed by atoms with E-state index in [0.717, 1.165) is 19.0 Å². The molecule has 3 heterocycles. The predicted molar refractivity (Wildman–Crippen MR) is 107 cm³/mol. The number of hydrogen-bond donors (Lipinski definition) is 4. The lowest BCUT2D eigenvalue weighted by atomic mass is 10.1. The average Bonchev–Trinajstić information content (AvgIpc) is 3.40. The SMILES string of the molecule is Nc1nccc(-c2cnn(-c3ccc(C(NC(=O)NC4CC4)C(F)(F)F)cn3)c2)c1N. The van der Waals surface area contributed by atoms with Crippen molar-refractivity contribution in [3.63, 3.8) is 0 Å². The highest BCUT2D eigenvalue weighted by molar-refractivity contribution is 5.81. The molecule has 0 saturated heterocycles. The van der Waals surface area contributed by atoms with Crippen LogP contribution in [0.5, 0.6) is 0 Å². The number of nitrogens with two attached hydrogens (primary N) is 2. The number of pyridine rings is 2. The molecular formula is C19H19F3N8O. The summed E-state index contributed by atoms with van der Waals surface area (Å²) in [5, 5.41) is 8.63. The van der Waals surface area contributed by atoms with Gasteiger partial charge in [-0.05, 0) is 25.0 Å². The van der Waals surface area contributed by atoms with Crippen LogP contribution in [0.3, 0.4) is 0 Å². The zero-order valence-electron chi connectivity index (χ0n) is 16.1. The Morgan fingerprint density at radius 1 is 1.16 bits per heavy atom. The molecular weight excluding hydrogens is 413 g/mol. The lowest BCUT2D eigenvalue weighted by molar-refractivity contribution is -0.155. The third-order valence-corrected chi connectivity index (χ3v) is 4.77. The van der Waals surface area contributed by atoms with Crippen LogP contribution in [0.25, 0.3) is 16.9 Å². The standard InChI is InChI=1S/C19H19F3N8O/c20-19(21,22)16(29-18(31)28-12-2-3-12)10-1-4-14(26-7-10)30-9-11(8-27-30)13-5-6-25-17(24)15(13)23/h1,4-9,12,16H,2-3,23H2,(H2,24,25)(H2,28,29,31). The van der Waals surface area contributed by atoms with Crippen LogP contribution in [0, 0.1) is 0 Å². The summed E-state index contributed by atoms with van der Waals surface area (Å²) in [6, 6.07) is 1.21. The minimum atomic E-state index is -4.68. The smallest absolute Gasteiger partial charge is 0.395 e. The van der Waals surface area contributed by atoms with E-state index in [4.69, 9.17) is 11.5 Å². The Balaban J connectivity index is 1.55. The minimum absolute atomic E-state index is 0.0619. The highest BCUT2D eigenvalue weighted by Gasteiger charge is 2.42. The van der Waals surface area contributed by atoms with Crippen LogP contribution in [-0.4, -0.2) is 38.0 Å². The van der Waals surface area contributed by atoms with Crippen LogP contribution in [-0.2, 0) is 0 Å². The van der Waals surface area contributed by atoms with Crippen LogP contribution in [0.15, 0.2) is 43.0 Å². The van der Waals surface area contributed by atoms with Crippen molar-refractivity contribution in [3.8, 4) is 16.9 Å². The molecule has 162 valence electrons. The van der Waals surface area contributed by atoms with Gasteiger partial charge in [-0.3, -0.25) is 0 Å². The largest absolute Gasteiger partial charge is 0.412 e. The van der Waals surface area contributed by atoms with E-state index in [2.05, 4.69) is 20.4 Å². The number of nitrogens with zero attached hydrogens (tertiary/aromatic N) is 4. The highest BCUT2D eigenvalue weighted by Crippen LogP contribution is 2.33. The van der Waals surface area contributed by atoms with Gasteiger partial charge >= 0.3 is 12.2 Å². The van der Waals surface area contributed by atoms with Crippen molar-refractivity contribution >= 4 is 17.5 Å². The zero-order valence-corrected chi connectivity index (χ0v) is 16.1. The second-order valence-corrected chi connectivity index (χ2v) is 7.15. The number of carbonyl (C=O) groups is 1. The predicted octanol–water partition coefficient (Wildman–Crippen LogP) is 2.56. The Morgan fingerprint density at radius 2 is 1.94 bits per heavy atom. The van der Waals surface area contributed by atoms with Gasteiger partial charge in [0.1, 0.15) is 5.82 Å². The van der Waals surface area contributed by atoms with Gasteiger partial charge in [0.2, 0.25) is 0 Å². The molecule has 1 aliphatic carbocycles. The van der Waals surface area contributed by atoms with E-state index >= 15 is 0 Å². The molecule has 6 N–H and O–H groups in total. The molecule has 4 rings (SSSR count). The van der Waals surface area contributed by atoms with Crippen molar-refractivity contribution in [2.45, 2.75) is 31.1 Å². The molecule has 1 saturated carbocycles. The van der Waals surface area contributed by atoms with Crippen LogP contribution in [0.2, 0.25) is 0 Å². The van der Waals surface area contributed by atoms with Crippen LogP contribution in [0.1, 0.15) is 24.4 Å². The molecule has 0 aromatic carbocycles. The molecule has 0 aliphatic heterocycles. The second-order valence-electron chi connectivity index (χ2n) is 7.15. The molecule has 12 heteroatoms. The Kier molecular flexibility index (Phi) is 5.13. The topological polar surface area (TPSA) is 137 Å². The maximum atomic E-state index is 13.5. The van der Waals surface area contributed by atoms with E-state index in [-0.39, 0.29) is 17.4 Å². The molecule has 1 fully saturated rings. The Morgan fingerprint density at radius 3 is 2.58 bits per heavy atom. The molecule has 0 radical (unpaired) electrons. The maximum Gasteiger partial charge on any atom is 0.412 e. The number of rotatable bonds is 5. The number of nitrogens with one attached hydrogen (secondary N) is 2. The number of nitrogen functional groups attached to an aromatic ring is 2. The Labute approximate surface area is 174 Å². The number of hydrogen-bond acceptors (Lipinski definition) is 6. The van der Waals surface area contributed by atoms with Crippen molar-refractivity contribution in [3.05, 3.63) is 48.5 Å². The van der Waals surface area contributed by atoms with Crippen LogP contribution < -0.4 is 22.1 Å². The first-order valence-electron chi connectivity index (χ1n) is 9.37. The summed E-state index contributed by atoms with van der Waals surface area (Å²) in [6.07, 6.45) is 2.58. The van der Waals surface area contributed by atoms with E-state index in [1.165, 1.54) is 29.2 Å². The third kappa shape index (κ3) is 4.52. The minimum Gasteiger partial charge on any atom is -0.395 e. The van der Waals surface area contributed by atoms with Crippen molar-refractivity contribution in [1.82, 2.24) is 30.4 Å². The summed E-state index contributed by atoms with van der Waals surface area (Å²) < 4.78 is 41.9. The van der Waals surface area contributed by atoms with Gasteiger partial charge in [-0.2, -0.15) is 18.3 Å². The summed E-state index contributed by atoms with van der Waals surface area (Å²) in [7, 11) is 0. The van der Waals surface area contributed by atoms with Crippen molar-refractivity contribution in [2.75, 3.05) is 11.5 Å². The third-order valence-electron chi connectivity index (χ3n) is 4.77. The second kappa shape index (κ2) is 7.78. The van der Waals surface area contributed by atoms with Gasteiger partial charge in [0.15, 0.2) is 11.9 Å². The fourth-order valence-corrected chi connectivity index (χ4v) is 2.97. The number of carbonyl (C=O) groups excluding carboxylic acids is 1. The van der Waals surface area contributed by atoms with Gasteiger partial charge in [-0.15, -0.1) is 0 Å². The molecule has 2 amide bonds. The van der Waals surface area contributed by atoms with E-state index in [1.807, 2.05) is 5.32 Å². The molecule has 31 heavy (non-hydrogen) atoms. The molecule has 0 spiro atoms. The summed E-state index contributed by atoms with van der Waals surface area (Å²) in [6.45, 7) is 0. The molecule has 1 unspecified atom stereocenters. The van der Waals surface area contributed by atoms with Crippen molar-refractivity contribution in [2.24, 2.45) is 0 Å². The fourth-order valence-electron chi connectivity index (χ4n) is 2.97.